The summed E-state index contributed by atoms with van der Waals surface area (Å²) < 4.78 is 0. The van der Waals surface area contributed by atoms with Gasteiger partial charge < -0.3 is 16.2 Å². The number of rotatable bonds is 6. The molecule has 0 aromatic rings. The Labute approximate surface area is 104 Å². The Balaban J connectivity index is 2.48. The van der Waals surface area contributed by atoms with Crippen molar-refractivity contribution < 1.29 is 9.90 Å². The fraction of sp³-hybridized carbons (Fsp3) is 0.923. The molecule has 0 radical (unpaired) electrons. The van der Waals surface area contributed by atoms with Gasteiger partial charge in [0, 0.05) is 19.2 Å². The molecular weight excluding hydrogens is 216 g/mol. The van der Waals surface area contributed by atoms with Crippen molar-refractivity contribution in [3.8, 4) is 0 Å². The molecule has 0 aromatic carbocycles. The van der Waals surface area contributed by atoms with E-state index in [-0.39, 0.29) is 24.0 Å². The summed E-state index contributed by atoms with van der Waals surface area (Å²) in [7, 11) is 0. The zero-order valence-corrected chi connectivity index (χ0v) is 10.9. The fourth-order valence-corrected chi connectivity index (χ4v) is 2.60. The van der Waals surface area contributed by atoms with Crippen LogP contribution >= 0.6 is 0 Å². The average Bonchev–Trinajstić information content (AvgIpc) is 2.37. The minimum atomic E-state index is -0.328. The van der Waals surface area contributed by atoms with Crippen LogP contribution in [-0.4, -0.2) is 30.2 Å². The Hall–Kier alpha value is -0.610. The monoisotopic (exact) mass is 242 g/mol. The third-order valence-electron chi connectivity index (χ3n) is 3.86. The molecule has 0 bridgehead atoms. The quantitative estimate of drug-likeness (QED) is 0.654. The number of carbonyl (C=O) groups is 1. The summed E-state index contributed by atoms with van der Waals surface area (Å²) >= 11 is 0. The predicted molar refractivity (Wildman–Crippen MR) is 68.5 cm³/mol. The van der Waals surface area contributed by atoms with Gasteiger partial charge in [0.05, 0.1) is 5.41 Å². The first kappa shape index (κ1) is 14.5. The van der Waals surface area contributed by atoms with Crippen LogP contribution in [0.5, 0.6) is 0 Å². The van der Waals surface area contributed by atoms with Crippen LogP contribution in [0.2, 0.25) is 0 Å². The van der Waals surface area contributed by atoms with Crippen LogP contribution in [0.25, 0.3) is 0 Å². The van der Waals surface area contributed by atoms with E-state index in [1.165, 1.54) is 6.42 Å². The second-order valence-corrected chi connectivity index (χ2v) is 5.29. The first-order valence-corrected chi connectivity index (χ1v) is 6.76. The van der Waals surface area contributed by atoms with E-state index < -0.39 is 0 Å². The molecule has 4 nitrogen and oxygen atoms in total. The number of nitrogens with one attached hydrogen (secondary N) is 1. The normalized spacial score (nSPS) is 20.9. The summed E-state index contributed by atoms with van der Waals surface area (Å²) in [4.78, 5) is 12.3. The molecule has 0 saturated heterocycles. The molecule has 4 N–H and O–H groups in total. The Morgan fingerprint density at radius 3 is 2.59 bits per heavy atom. The summed E-state index contributed by atoms with van der Waals surface area (Å²) in [6.07, 6.45) is 6.82. The van der Waals surface area contributed by atoms with E-state index in [1.807, 2.05) is 6.92 Å². The van der Waals surface area contributed by atoms with Crippen LogP contribution in [0.15, 0.2) is 0 Å². The minimum Gasteiger partial charge on any atom is -0.396 e. The Morgan fingerprint density at radius 2 is 2.06 bits per heavy atom. The summed E-state index contributed by atoms with van der Waals surface area (Å²) in [6.45, 7) is 2.62. The molecule has 1 aliphatic rings. The van der Waals surface area contributed by atoms with E-state index in [2.05, 4.69) is 5.32 Å². The standard InChI is InChI=1S/C13H26N2O2/c1-11(6-5-9-16)15-12(17)13(10-14)7-3-2-4-8-13/h11,16H,2-10,14H2,1H3,(H,15,17). The smallest absolute Gasteiger partial charge is 0.227 e. The molecule has 0 spiro atoms. The number of aliphatic hydroxyl groups is 1. The van der Waals surface area contributed by atoms with Crippen LogP contribution in [0.1, 0.15) is 51.9 Å². The maximum atomic E-state index is 12.3. The number of hydrogen-bond acceptors (Lipinski definition) is 3. The van der Waals surface area contributed by atoms with Gasteiger partial charge in [0.2, 0.25) is 5.91 Å². The molecule has 1 unspecified atom stereocenters. The van der Waals surface area contributed by atoms with Crippen LogP contribution in [-0.2, 0) is 4.79 Å². The van der Waals surface area contributed by atoms with Gasteiger partial charge in [-0.1, -0.05) is 19.3 Å². The van der Waals surface area contributed by atoms with Gasteiger partial charge in [0.15, 0.2) is 0 Å². The maximum Gasteiger partial charge on any atom is 0.227 e. The highest BCUT2D eigenvalue weighted by atomic mass is 16.3. The van der Waals surface area contributed by atoms with Crippen molar-refractivity contribution >= 4 is 5.91 Å². The average molecular weight is 242 g/mol. The van der Waals surface area contributed by atoms with Crippen molar-refractivity contribution in [2.24, 2.45) is 11.1 Å². The molecule has 0 heterocycles. The van der Waals surface area contributed by atoms with Gasteiger partial charge in [-0.15, -0.1) is 0 Å². The lowest BCUT2D eigenvalue weighted by Crippen LogP contribution is -2.49. The third-order valence-corrected chi connectivity index (χ3v) is 3.86. The van der Waals surface area contributed by atoms with Crippen LogP contribution in [0, 0.1) is 5.41 Å². The van der Waals surface area contributed by atoms with E-state index >= 15 is 0 Å². The molecular formula is C13H26N2O2. The van der Waals surface area contributed by atoms with Crippen molar-refractivity contribution in [3.63, 3.8) is 0 Å². The summed E-state index contributed by atoms with van der Waals surface area (Å²) in [5.41, 5.74) is 5.49. The van der Waals surface area contributed by atoms with Crippen LogP contribution in [0.3, 0.4) is 0 Å². The van der Waals surface area contributed by atoms with E-state index in [0.717, 1.165) is 38.5 Å². The molecule has 1 aliphatic carbocycles. The topological polar surface area (TPSA) is 75.3 Å². The molecule has 1 fully saturated rings. The SMILES string of the molecule is CC(CCCO)NC(=O)C1(CN)CCCCC1. The van der Waals surface area contributed by atoms with E-state index in [1.54, 1.807) is 0 Å². The predicted octanol–water partition coefficient (Wildman–Crippen LogP) is 1.17. The lowest BCUT2D eigenvalue weighted by atomic mass is 9.73. The Bertz CT molecular complexity index is 238. The van der Waals surface area contributed by atoms with E-state index in [0.29, 0.717) is 6.54 Å². The molecule has 0 aromatic heterocycles. The summed E-state index contributed by atoms with van der Waals surface area (Å²) in [6, 6.07) is 0.125. The second-order valence-electron chi connectivity index (χ2n) is 5.29. The summed E-state index contributed by atoms with van der Waals surface area (Å²) in [5, 5.41) is 11.8. The highest BCUT2D eigenvalue weighted by molar-refractivity contribution is 5.83. The van der Waals surface area contributed by atoms with Crippen molar-refractivity contribution in [2.75, 3.05) is 13.2 Å². The van der Waals surface area contributed by atoms with Gasteiger partial charge in [-0.25, -0.2) is 0 Å². The molecule has 0 aliphatic heterocycles. The molecule has 4 heteroatoms. The zero-order chi connectivity index (χ0) is 12.7. The highest BCUT2D eigenvalue weighted by Crippen LogP contribution is 2.35. The molecule has 1 amide bonds. The number of hydrogen-bond donors (Lipinski definition) is 3. The van der Waals surface area contributed by atoms with Gasteiger partial charge >= 0.3 is 0 Å². The number of nitrogens with two attached hydrogens (primary N) is 1. The molecule has 1 atom stereocenters. The third kappa shape index (κ3) is 3.96. The van der Waals surface area contributed by atoms with Crippen molar-refractivity contribution in [2.45, 2.75) is 57.9 Å². The van der Waals surface area contributed by atoms with Crippen molar-refractivity contribution in [1.82, 2.24) is 5.32 Å². The lowest BCUT2D eigenvalue weighted by molar-refractivity contribution is -0.133. The van der Waals surface area contributed by atoms with Crippen molar-refractivity contribution in [3.05, 3.63) is 0 Å². The fourth-order valence-electron chi connectivity index (χ4n) is 2.60. The van der Waals surface area contributed by atoms with Crippen LogP contribution < -0.4 is 11.1 Å². The highest BCUT2D eigenvalue weighted by Gasteiger charge is 2.38. The van der Waals surface area contributed by atoms with E-state index in [4.69, 9.17) is 10.8 Å². The van der Waals surface area contributed by atoms with Crippen LogP contribution in [0.4, 0.5) is 0 Å². The number of aliphatic hydroxyl groups excluding tert-OH is 1. The van der Waals surface area contributed by atoms with Gasteiger partial charge in [-0.3, -0.25) is 4.79 Å². The second kappa shape index (κ2) is 6.97. The number of amides is 1. The van der Waals surface area contributed by atoms with E-state index in [9.17, 15) is 4.79 Å². The van der Waals surface area contributed by atoms with Gasteiger partial charge in [0.25, 0.3) is 0 Å². The molecule has 1 rings (SSSR count). The summed E-state index contributed by atoms with van der Waals surface area (Å²) in [5.74, 6) is 0.116. The Kier molecular flexibility index (Phi) is 5.92. The van der Waals surface area contributed by atoms with Gasteiger partial charge in [-0.05, 0) is 32.6 Å². The minimum absolute atomic E-state index is 0.116. The number of carbonyl (C=O) groups excluding carboxylic acids is 1. The first-order valence-electron chi connectivity index (χ1n) is 6.76. The first-order chi connectivity index (χ1) is 8.14. The molecule has 1 saturated carbocycles. The maximum absolute atomic E-state index is 12.3. The van der Waals surface area contributed by atoms with Gasteiger partial charge in [0.1, 0.15) is 0 Å². The largest absolute Gasteiger partial charge is 0.396 e. The Morgan fingerprint density at radius 1 is 1.41 bits per heavy atom. The van der Waals surface area contributed by atoms with Gasteiger partial charge in [-0.2, -0.15) is 0 Å². The molecule has 100 valence electrons. The zero-order valence-electron chi connectivity index (χ0n) is 10.9. The van der Waals surface area contributed by atoms with Crippen molar-refractivity contribution in [1.29, 1.82) is 0 Å². The molecule has 17 heavy (non-hydrogen) atoms. The lowest BCUT2D eigenvalue weighted by Gasteiger charge is -2.35.